The van der Waals surface area contributed by atoms with E-state index in [9.17, 15) is 4.79 Å². The molecule has 7 nitrogen and oxygen atoms in total. The van der Waals surface area contributed by atoms with E-state index >= 15 is 0 Å². The Labute approximate surface area is 165 Å². The number of nitrogens with zero attached hydrogens (tertiary/aromatic N) is 2. The first-order valence-electron chi connectivity index (χ1n) is 9.28. The zero-order valence-corrected chi connectivity index (χ0v) is 16.6. The van der Waals surface area contributed by atoms with Crippen LogP contribution in [0.15, 0.2) is 42.5 Å². The molecule has 0 aromatic heterocycles. The summed E-state index contributed by atoms with van der Waals surface area (Å²) in [6, 6.07) is 13.9. The van der Waals surface area contributed by atoms with Crippen LogP contribution in [-0.4, -0.2) is 64.9 Å². The van der Waals surface area contributed by atoms with E-state index in [1.165, 1.54) is 5.69 Å². The Balaban J connectivity index is 1.56. The molecule has 1 fully saturated rings. The molecule has 0 radical (unpaired) electrons. The molecular weight excluding hydrogens is 358 g/mol. The van der Waals surface area contributed by atoms with E-state index in [0.29, 0.717) is 30.3 Å². The van der Waals surface area contributed by atoms with Gasteiger partial charge in [0.1, 0.15) is 0 Å². The van der Waals surface area contributed by atoms with Crippen LogP contribution in [-0.2, 0) is 4.79 Å². The van der Waals surface area contributed by atoms with E-state index < -0.39 is 0 Å². The molecule has 2 aromatic carbocycles. The minimum absolute atomic E-state index is 0.0708. The monoisotopic (exact) mass is 385 g/mol. The van der Waals surface area contributed by atoms with Gasteiger partial charge in [0.2, 0.25) is 11.7 Å². The molecule has 0 unspecified atom stereocenters. The molecule has 1 saturated heterocycles. The molecule has 28 heavy (non-hydrogen) atoms. The predicted molar refractivity (Wildman–Crippen MR) is 110 cm³/mol. The highest BCUT2D eigenvalue weighted by molar-refractivity contribution is 5.81. The first-order valence-corrected chi connectivity index (χ1v) is 9.28. The summed E-state index contributed by atoms with van der Waals surface area (Å²) in [7, 11) is 4.70. The summed E-state index contributed by atoms with van der Waals surface area (Å²) in [5.74, 6) is 1.70. The SMILES string of the molecule is COc1cc(NCC(=O)N2CCN(c3ccccc3)CC2)cc(OC)c1OC. The first kappa shape index (κ1) is 19.7. The van der Waals surface area contributed by atoms with Gasteiger partial charge in [-0.15, -0.1) is 0 Å². The molecule has 0 spiro atoms. The molecule has 1 amide bonds. The third-order valence-corrected chi connectivity index (χ3v) is 4.86. The number of para-hydroxylation sites is 1. The van der Waals surface area contributed by atoms with Gasteiger partial charge in [0.15, 0.2) is 11.5 Å². The Morgan fingerprint density at radius 2 is 1.54 bits per heavy atom. The van der Waals surface area contributed by atoms with Crippen molar-refractivity contribution in [2.24, 2.45) is 0 Å². The molecule has 2 aromatic rings. The summed E-state index contributed by atoms with van der Waals surface area (Å²) in [4.78, 5) is 16.8. The second kappa shape index (κ2) is 9.21. The molecule has 3 rings (SSSR count). The number of ether oxygens (including phenoxy) is 3. The van der Waals surface area contributed by atoms with Gasteiger partial charge in [-0.05, 0) is 12.1 Å². The van der Waals surface area contributed by atoms with Gasteiger partial charge in [-0.25, -0.2) is 0 Å². The number of anilines is 2. The van der Waals surface area contributed by atoms with Crippen molar-refractivity contribution in [1.29, 1.82) is 0 Å². The van der Waals surface area contributed by atoms with E-state index in [0.717, 1.165) is 18.8 Å². The number of hydrogen-bond donors (Lipinski definition) is 1. The van der Waals surface area contributed by atoms with E-state index in [-0.39, 0.29) is 12.5 Å². The second-order valence-electron chi connectivity index (χ2n) is 6.47. The van der Waals surface area contributed by atoms with Crippen LogP contribution in [0.1, 0.15) is 0 Å². The maximum Gasteiger partial charge on any atom is 0.241 e. The van der Waals surface area contributed by atoms with Gasteiger partial charge in [0.25, 0.3) is 0 Å². The number of rotatable bonds is 7. The van der Waals surface area contributed by atoms with Crippen LogP contribution in [0.4, 0.5) is 11.4 Å². The fourth-order valence-corrected chi connectivity index (χ4v) is 3.33. The molecule has 1 aliphatic heterocycles. The first-order chi connectivity index (χ1) is 13.7. The summed E-state index contributed by atoms with van der Waals surface area (Å²) in [5, 5.41) is 3.16. The van der Waals surface area contributed by atoms with Gasteiger partial charge in [-0.1, -0.05) is 18.2 Å². The van der Waals surface area contributed by atoms with Crippen LogP contribution in [0.2, 0.25) is 0 Å². The van der Waals surface area contributed by atoms with E-state index in [2.05, 4.69) is 22.3 Å². The smallest absolute Gasteiger partial charge is 0.241 e. The van der Waals surface area contributed by atoms with Crippen molar-refractivity contribution in [3.63, 3.8) is 0 Å². The average molecular weight is 385 g/mol. The normalized spacial score (nSPS) is 13.8. The number of benzene rings is 2. The largest absolute Gasteiger partial charge is 0.493 e. The highest BCUT2D eigenvalue weighted by atomic mass is 16.5. The van der Waals surface area contributed by atoms with Crippen LogP contribution < -0.4 is 24.4 Å². The van der Waals surface area contributed by atoms with Crippen LogP contribution in [0.25, 0.3) is 0 Å². The quantitative estimate of drug-likeness (QED) is 0.790. The van der Waals surface area contributed by atoms with E-state index in [4.69, 9.17) is 14.2 Å². The fraction of sp³-hybridized carbons (Fsp3) is 0.381. The zero-order valence-electron chi connectivity index (χ0n) is 16.6. The van der Waals surface area contributed by atoms with Crippen LogP contribution in [0.5, 0.6) is 17.2 Å². The van der Waals surface area contributed by atoms with Crippen molar-refractivity contribution >= 4 is 17.3 Å². The Bertz CT molecular complexity index is 764. The van der Waals surface area contributed by atoms with Crippen molar-refractivity contribution in [1.82, 2.24) is 4.90 Å². The zero-order chi connectivity index (χ0) is 19.9. The van der Waals surface area contributed by atoms with Crippen molar-refractivity contribution in [3.05, 3.63) is 42.5 Å². The molecule has 1 aliphatic rings. The molecular formula is C21H27N3O4. The van der Waals surface area contributed by atoms with Gasteiger partial charge in [-0.3, -0.25) is 4.79 Å². The number of carbonyl (C=O) groups excluding carboxylic acids is 1. The second-order valence-corrected chi connectivity index (χ2v) is 6.47. The lowest BCUT2D eigenvalue weighted by molar-refractivity contribution is -0.129. The van der Waals surface area contributed by atoms with Gasteiger partial charge in [-0.2, -0.15) is 0 Å². The summed E-state index contributed by atoms with van der Waals surface area (Å²) in [6.07, 6.45) is 0. The van der Waals surface area contributed by atoms with Gasteiger partial charge in [0.05, 0.1) is 27.9 Å². The lowest BCUT2D eigenvalue weighted by atomic mass is 10.2. The van der Waals surface area contributed by atoms with Crippen molar-refractivity contribution in [2.45, 2.75) is 0 Å². The number of carbonyl (C=O) groups is 1. The van der Waals surface area contributed by atoms with Gasteiger partial charge < -0.3 is 29.3 Å². The minimum Gasteiger partial charge on any atom is -0.493 e. The van der Waals surface area contributed by atoms with Gasteiger partial charge in [0, 0.05) is 49.7 Å². The topological polar surface area (TPSA) is 63.3 Å². The number of piperazine rings is 1. The third kappa shape index (κ3) is 4.42. The van der Waals surface area contributed by atoms with Crippen LogP contribution in [0, 0.1) is 0 Å². The Morgan fingerprint density at radius 3 is 2.07 bits per heavy atom. The molecule has 0 aliphatic carbocycles. The number of nitrogens with one attached hydrogen (secondary N) is 1. The highest BCUT2D eigenvalue weighted by Crippen LogP contribution is 2.39. The third-order valence-electron chi connectivity index (χ3n) is 4.86. The van der Waals surface area contributed by atoms with Crippen LogP contribution in [0.3, 0.4) is 0 Å². The average Bonchev–Trinajstić information content (AvgIpc) is 2.77. The number of amides is 1. The maximum atomic E-state index is 12.6. The van der Waals surface area contributed by atoms with Crippen molar-refractivity contribution in [2.75, 3.05) is 64.3 Å². The molecule has 0 atom stereocenters. The Morgan fingerprint density at radius 1 is 0.929 bits per heavy atom. The predicted octanol–water partition coefficient (Wildman–Crippen LogP) is 2.47. The Hall–Kier alpha value is -3.09. The number of methoxy groups -OCH3 is 3. The van der Waals surface area contributed by atoms with Crippen molar-refractivity contribution in [3.8, 4) is 17.2 Å². The fourth-order valence-electron chi connectivity index (χ4n) is 3.33. The maximum absolute atomic E-state index is 12.6. The number of hydrogen-bond acceptors (Lipinski definition) is 6. The van der Waals surface area contributed by atoms with E-state index in [1.807, 2.05) is 23.1 Å². The molecule has 0 bridgehead atoms. The standard InChI is InChI=1S/C21H27N3O4/c1-26-18-13-16(14-19(27-2)21(18)28-3)22-15-20(25)24-11-9-23(10-12-24)17-7-5-4-6-8-17/h4-8,13-14,22H,9-12,15H2,1-3H3. The summed E-state index contributed by atoms with van der Waals surface area (Å²) in [6.45, 7) is 3.30. The van der Waals surface area contributed by atoms with E-state index in [1.54, 1.807) is 33.5 Å². The Kier molecular flexibility index (Phi) is 6.47. The molecule has 1 N–H and O–H groups in total. The summed E-state index contributed by atoms with van der Waals surface area (Å²) < 4.78 is 16.0. The molecule has 1 heterocycles. The van der Waals surface area contributed by atoms with Gasteiger partial charge >= 0.3 is 0 Å². The molecule has 150 valence electrons. The van der Waals surface area contributed by atoms with Crippen LogP contribution >= 0.6 is 0 Å². The highest BCUT2D eigenvalue weighted by Gasteiger charge is 2.21. The molecule has 0 saturated carbocycles. The van der Waals surface area contributed by atoms with Crippen molar-refractivity contribution < 1.29 is 19.0 Å². The lowest BCUT2D eigenvalue weighted by Gasteiger charge is -2.36. The lowest BCUT2D eigenvalue weighted by Crippen LogP contribution is -2.50. The summed E-state index contributed by atoms with van der Waals surface area (Å²) in [5.41, 5.74) is 1.94. The molecule has 7 heteroatoms. The summed E-state index contributed by atoms with van der Waals surface area (Å²) >= 11 is 0. The minimum atomic E-state index is 0.0708.